The summed E-state index contributed by atoms with van der Waals surface area (Å²) in [4.78, 5) is 24.0. The van der Waals surface area contributed by atoms with Gasteiger partial charge in [-0.3, -0.25) is 4.79 Å². The van der Waals surface area contributed by atoms with E-state index in [9.17, 15) is 9.59 Å². The van der Waals surface area contributed by atoms with Crippen molar-refractivity contribution in [1.29, 1.82) is 0 Å². The smallest absolute Gasteiger partial charge is 0.330 e. The van der Waals surface area contributed by atoms with Gasteiger partial charge in [0.05, 0.1) is 29.7 Å². The summed E-state index contributed by atoms with van der Waals surface area (Å²) in [5.41, 5.74) is 3.61. The molecule has 0 bridgehead atoms. The lowest BCUT2D eigenvalue weighted by molar-refractivity contribution is -0.137. The fourth-order valence-electron chi connectivity index (χ4n) is 2.71. The molecule has 0 radical (unpaired) electrons. The molecule has 148 valence electrons. The van der Waals surface area contributed by atoms with E-state index < -0.39 is 0 Å². The molecule has 29 heavy (non-hydrogen) atoms. The molecule has 0 aliphatic heterocycles. The first-order valence-electron chi connectivity index (χ1n) is 9.04. The zero-order valence-electron chi connectivity index (χ0n) is 16.1. The molecule has 0 aliphatic carbocycles. The molecule has 0 saturated heterocycles. The van der Waals surface area contributed by atoms with E-state index in [1.54, 1.807) is 36.0 Å². The summed E-state index contributed by atoms with van der Waals surface area (Å²) in [5.74, 6) is -0.621. The van der Waals surface area contributed by atoms with Crippen molar-refractivity contribution < 1.29 is 14.3 Å². The number of hydrogen-bond donors (Lipinski definition) is 1. The second-order valence-corrected chi connectivity index (χ2v) is 7.11. The molecule has 1 amide bonds. The highest BCUT2D eigenvalue weighted by Gasteiger charge is 2.15. The number of benzene rings is 2. The molecule has 3 rings (SSSR count). The highest BCUT2D eigenvalue weighted by molar-refractivity contribution is 9.10. The predicted molar refractivity (Wildman–Crippen MR) is 116 cm³/mol. The summed E-state index contributed by atoms with van der Waals surface area (Å²) in [6.07, 6.45) is 4.59. The Kier molecular flexibility index (Phi) is 6.61. The topological polar surface area (TPSA) is 73.2 Å². The number of anilines is 1. The van der Waals surface area contributed by atoms with Crippen LogP contribution in [0.25, 0.3) is 11.8 Å². The molecule has 3 aromatic rings. The van der Waals surface area contributed by atoms with Crippen LogP contribution in [0.4, 0.5) is 5.69 Å². The van der Waals surface area contributed by atoms with Gasteiger partial charge in [-0.15, -0.1) is 0 Å². The Labute approximate surface area is 177 Å². The molecule has 6 nitrogen and oxygen atoms in total. The van der Waals surface area contributed by atoms with Crippen LogP contribution in [-0.4, -0.2) is 28.3 Å². The summed E-state index contributed by atoms with van der Waals surface area (Å²) < 4.78 is 7.55. The van der Waals surface area contributed by atoms with Crippen molar-refractivity contribution in [1.82, 2.24) is 9.78 Å². The van der Waals surface area contributed by atoms with Gasteiger partial charge in [-0.1, -0.05) is 28.1 Å². The maximum atomic E-state index is 12.7. The van der Waals surface area contributed by atoms with Gasteiger partial charge in [0.25, 0.3) is 5.91 Å². The van der Waals surface area contributed by atoms with E-state index in [0.29, 0.717) is 17.9 Å². The fourth-order valence-corrected chi connectivity index (χ4v) is 2.97. The molecule has 1 heterocycles. The first-order valence-corrected chi connectivity index (χ1v) is 9.84. The quantitative estimate of drug-likeness (QED) is 0.430. The van der Waals surface area contributed by atoms with E-state index in [1.807, 2.05) is 43.3 Å². The van der Waals surface area contributed by atoms with Crippen molar-refractivity contribution in [3.05, 3.63) is 82.1 Å². The molecule has 1 aromatic heterocycles. The third-order valence-electron chi connectivity index (χ3n) is 4.19. The predicted octanol–water partition coefficient (Wildman–Crippen LogP) is 4.77. The van der Waals surface area contributed by atoms with Crippen LogP contribution in [0.3, 0.4) is 0 Å². The van der Waals surface area contributed by atoms with Crippen molar-refractivity contribution in [2.75, 3.05) is 11.9 Å². The standard InChI is InChI=1S/C22H20BrN3O3/c1-3-29-21(27)13-6-16-4-9-18(10-5-16)25-22(28)20-14-24-26(15(20)2)19-11-7-17(23)8-12-19/h4-14H,3H2,1-2H3,(H,25,28)/b13-6+. The number of nitrogens with zero attached hydrogens (tertiary/aromatic N) is 2. The molecule has 0 saturated carbocycles. The zero-order chi connectivity index (χ0) is 20.8. The van der Waals surface area contributed by atoms with Crippen molar-refractivity contribution in [2.24, 2.45) is 0 Å². The van der Waals surface area contributed by atoms with E-state index in [4.69, 9.17) is 4.74 Å². The van der Waals surface area contributed by atoms with Crippen LogP contribution in [0.15, 0.2) is 65.3 Å². The number of esters is 1. The van der Waals surface area contributed by atoms with Gasteiger partial charge in [0.1, 0.15) is 0 Å². The van der Waals surface area contributed by atoms with Gasteiger partial charge >= 0.3 is 5.97 Å². The van der Waals surface area contributed by atoms with Crippen LogP contribution >= 0.6 is 15.9 Å². The normalized spacial score (nSPS) is 10.9. The summed E-state index contributed by atoms with van der Waals surface area (Å²) >= 11 is 3.41. The molecule has 0 spiro atoms. The van der Waals surface area contributed by atoms with Crippen LogP contribution in [0.2, 0.25) is 0 Å². The van der Waals surface area contributed by atoms with E-state index in [-0.39, 0.29) is 11.9 Å². The number of carbonyl (C=O) groups excluding carboxylic acids is 2. The Morgan fingerprint density at radius 3 is 2.48 bits per heavy atom. The number of carbonyl (C=O) groups is 2. The summed E-state index contributed by atoms with van der Waals surface area (Å²) in [6.45, 7) is 3.95. The maximum Gasteiger partial charge on any atom is 0.330 e. The first-order chi connectivity index (χ1) is 14.0. The number of amides is 1. The Morgan fingerprint density at radius 2 is 1.83 bits per heavy atom. The van der Waals surface area contributed by atoms with Crippen LogP contribution in [-0.2, 0) is 9.53 Å². The van der Waals surface area contributed by atoms with Crippen molar-refractivity contribution in [3.8, 4) is 5.69 Å². The van der Waals surface area contributed by atoms with Crippen LogP contribution in [0, 0.1) is 6.92 Å². The SMILES string of the molecule is CCOC(=O)/C=C/c1ccc(NC(=O)c2cnn(-c3ccc(Br)cc3)c2C)cc1. The lowest BCUT2D eigenvalue weighted by Crippen LogP contribution is -2.13. The van der Waals surface area contributed by atoms with E-state index in [0.717, 1.165) is 21.4 Å². The molecular formula is C22H20BrN3O3. The lowest BCUT2D eigenvalue weighted by Gasteiger charge is -2.07. The Hall–Kier alpha value is -3.19. The minimum Gasteiger partial charge on any atom is -0.463 e. The largest absolute Gasteiger partial charge is 0.463 e. The number of hydrogen-bond acceptors (Lipinski definition) is 4. The number of halogens is 1. The van der Waals surface area contributed by atoms with Crippen molar-refractivity contribution in [2.45, 2.75) is 13.8 Å². The Bertz CT molecular complexity index is 1040. The van der Waals surface area contributed by atoms with Crippen LogP contribution in [0.5, 0.6) is 0 Å². The molecule has 1 N–H and O–H groups in total. The van der Waals surface area contributed by atoms with Gasteiger partial charge in [-0.05, 0) is 61.9 Å². The molecule has 0 fully saturated rings. The average molecular weight is 454 g/mol. The average Bonchev–Trinajstić information content (AvgIpc) is 3.10. The monoisotopic (exact) mass is 453 g/mol. The number of ether oxygens (including phenoxy) is 1. The number of nitrogens with one attached hydrogen (secondary N) is 1. The van der Waals surface area contributed by atoms with E-state index in [2.05, 4.69) is 26.3 Å². The minimum atomic E-state index is -0.386. The fraction of sp³-hybridized carbons (Fsp3) is 0.136. The Morgan fingerprint density at radius 1 is 1.14 bits per heavy atom. The highest BCUT2D eigenvalue weighted by Crippen LogP contribution is 2.19. The van der Waals surface area contributed by atoms with Crippen LogP contribution < -0.4 is 5.32 Å². The van der Waals surface area contributed by atoms with Crippen molar-refractivity contribution in [3.63, 3.8) is 0 Å². The summed E-state index contributed by atoms with van der Waals surface area (Å²) in [6, 6.07) is 14.9. The first kappa shape index (κ1) is 20.5. The molecule has 2 aromatic carbocycles. The summed E-state index contributed by atoms with van der Waals surface area (Å²) in [5, 5.41) is 7.21. The lowest BCUT2D eigenvalue weighted by atomic mass is 10.2. The second-order valence-electron chi connectivity index (χ2n) is 6.19. The number of aromatic nitrogens is 2. The number of rotatable bonds is 6. The van der Waals surface area contributed by atoms with Gasteiger partial charge in [0.2, 0.25) is 0 Å². The molecule has 0 unspecified atom stereocenters. The molecular weight excluding hydrogens is 434 g/mol. The third kappa shape index (κ3) is 5.20. The van der Waals surface area contributed by atoms with Gasteiger partial charge in [-0.25, -0.2) is 9.48 Å². The highest BCUT2D eigenvalue weighted by atomic mass is 79.9. The van der Waals surface area contributed by atoms with Gasteiger partial charge in [0, 0.05) is 16.2 Å². The molecule has 0 aliphatic rings. The van der Waals surface area contributed by atoms with Gasteiger partial charge in [-0.2, -0.15) is 5.10 Å². The van der Waals surface area contributed by atoms with E-state index >= 15 is 0 Å². The zero-order valence-corrected chi connectivity index (χ0v) is 17.6. The molecule has 0 atom stereocenters. The van der Waals surface area contributed by atoms with Crippen LogP contribution in [0.1, 0.15) is 28.5 Å². The van der Waals surface area contributed by atoms with Crippen molar-refractivity contribution >= 4 is 39.6 Å². The second kappa shape index (κ2) is 9.34. The summed E-state index contributed by atoms with van der Waals surface area (Å²) in [7, 11) is 0. The minimum absolute atomic E-state index is 0.235. The van der Waals surface area contributed by atoms with Gasteiger partial charge < -0.3 is 10.1 Å². The Balaban J connectivity index is 1.69. The van der Waals surface area contributed by atoms with Gasteiger partial charge in [0.15, 0.2) is 0 Å². The molecule has 7 heteroatoms. The van der Waals surface area contributed by atoms with E-state index in [1.165, 1.54) is 6.08 Å². The third-order valence-corrected chi connectivity index (χ3v) is 4.72. The maximum absolute atomic E-state index is 12.7.